The molecule has 1 N–H and O–H groups in total. The minimum atomic E-state index is -4.18. The predicted molar refractivity (Wildman–Crippen MR) is 66.6 cm³/mol. The maximum atomic E-state index is 11.8. The number of hydrogen-bond acceptors (Lipinski definition) is 3. The van der Waals surface area contributed by atoms with Gasteiger partial charge in [0.15, 0.2) is 0 Å². The summed E-state index contributed by atoms with van der Waals surface area (Å²) in [6.45, 7) is 2.01. The second-order valence-electron chi connectivity index (χ2n) is 3.96. The van der Waals surface area contributed by atoms with Crippen LogP contribution in [0.15, 0.2) is 24.3 Å². The molecule has 0 fully saturated rings. The third kappa shape index (κ3) is 7.56. The van der Waals surface area contributed by atoms with Gasteiger partial charge in [0.1, 0.15) is 18.1 Å². The molecule has 1 aromatic rings. The molecule has 0 unspecified atom stereocenters. The van der Waals surface area contributed by atoms with Crippen LogP contribution in [0.4, 0.5) is 13.2 Å². The summed E-state index contributed by atoms with van der Waals surface area (Å²) in [7, 11) is 0. The van der Waals surface area contributed by atoms with E-state index in [1.165, 1.54) is 0 Å². The molecule has 0 aliphatic carbocycles. The van der Waals surface area contributed by atoms with Crippen LogP contribution in [0.25, 0.3) is 0 Å². The predicted octanol–water partition coefficient (Wildman–Crippen LogP) is 3.01. The average Bonchev–Trinajstić information content (AvgIpc) is 2.36. The lowest BCUT2D eigenvalue weighted by atomic mass is 10.3. The van der Waals surface area contributed by atoms with Crippen LogP contribution in [-0.4, -0.2) is 32.5 Å². The molecule has 6 heteroatoms. The molecule has 3 nitrogen and oxygen atoms in total. The number of benzene rings is 1. The molecule has 0 bridgehead atoms. The van der Waals surface area contributed by atoms with Crippen molar-refractivity contribution in [1.82, 2.24) is 5.32 Å². The van der Waals surface area contributed by atoms with Gasteiger partial charge in [-0.1, -0.05) is 6.92 Å². The molecular weight excluding hydrogens is 259 g/mol. The van der Waals surface area contributed by atoms with Crippen molar-refractivity contribution in [1.29, 1.82) is 0 Å². The topological polar surface area (TPSA) is 30.5 Å². The second kappa shape index (κ2) is 7.89. The lowest BCUT2D eigenvalue weighted by Crippen LogP contribution is -2.31. The van der Waals surface area contributed by atoms with Crippen molar-refractivity contribution in [2.45, 2.75) is 19.5 Å². The van der Waals surface area contributed by atoms with Gasteiger partial charge in [0.2, 0.25) is 0 Å². The van der Waals surface area contributed by atoms with Gasteiger partial charge in [0.05, 0.1) is 13.2 Å². The molecule has 0 saturated heterocycles. The first-order valence-corrected chi connectivity index (χ1v) is 6.14. The first-order chi connectivity index (χ1) is 9.01. The molecule has 1 rings (SSSR count). The van der Waals surface area contributed by atoms with Crippen molar-refractivity contribution in [2.75, 3.05) is 26.3 Å². The highest BCUT2D eigenvalue weighted by Crippen LogP contribution is 2.17. The largest absolute Gasteiger partial charge is 0.494 e. The van der Waals surface area contributed by atoms with Crippen molar-refractivity contribution in [3.63, 3.8) is 0 Å². The highest BCUT2D eigenvalue weighted by atomic mass is 19.4. The molecule has 0 saturated carbocycles. The lowest BCUT2D eigenvalue weighted by molar-refractivity contribution is -0.124. The monoisotopic (exact) mass is 277 g/mol. The minimum Gasteiger partial charge on any atom is -0.494 e. The van der Waals surface area contributed by atoms with Gasteiger partial charge >= 0.3 is 6.18 Å². The molecule has 0 atom stereocenters. The molecule has 1 aromatic carbocycles. The van der Waals surface area contributed by atoms with E-state index >= 15 is 0 Å². The Morgan fingerprint density at radius 2 is 1.53 bits per heavy atom. The van der Waals surface area contributed by atoms with Gasteiger partial charge in [-0.25, -0.2) is 0 Å². The van der Waals surface area contributed by atoms with Crippen LogP contribution in [0, 0.1) is 0 Å². The van der Waals surface area contributed by atoms with Crippen LogP contribution in [0.2, 0.25) is 0 Å². The highest BCUT2D eigenvalue weighted by Gasteiger charge is 2.25. The molecule has 0 aliphatic heterocycles. The Hall–Kier alpha value is -1.43. The third-order valence-corrected chi connectivity index (χ3v) is 2.17. The summed E-state index contributed by atoms with van der Waals surface area (Å²) in [5.74, 6) is 1.36. The van der Waals surface area contributed by atoms with Crippen molar-refractivity contribution < 1.29 is 22.6 Å². The standard InChI is InChI=1S/C13H18F3NO2/c1-2-8-18-11-3-5-12(6-4-11)19-9-7-17-10-13(14,15)16/h3-6,17H,2,7-10H2,1H3. The second-order valence-corrected chi connectivity index (χ2v) is 3.96. The molecule has 19 heavy (non-hydrogen) atoms. The smallest absolute Gasteiger partial charge is 0.401 e. The zero-order valence-corrected chi connectivity index (χ0v) is 10.8. The zero-order chi connectivity index (χ0) is 14.1. The number of ether oxygens (including phenoxy) is 2. The quantitative estimate of drug-likeness (QED) is 0.741. The van der Waals surface area contributed by atoms with E-state index in [9.17, 15) is 13.2 Å². The fourth-order valence-electron chi connectivity index (χ4n) is 1.32. The molecule has 0 heterocycles. The minimum absolute atomic E-state index is 0.146. The maximum Gasteiger partial charge on any atom is 0.401 e. The van der Waals surface area contributed by atoms with Crippen molar-refractivity contribution >= 4 is 0 Å². The van der Waals surface area contributed by atoms with Crippen molar-refractivity contribution in [2.24, 2.45) is 0 Å². The Kier molecular flexibility index (Phi) is 6.49. The fraction of sp³-hybridized carbons (Fsp3) is 0.538. The molecule has 0 amide bonds. The Balaban J connectivity index is 2.19. The van der Waals surface area contributed by atoms with Crippen molar-refractivity contribution in [3.05, 3.63) is 24.3 Å². The van der Waals surface area contributed by atoms with Crippen LogP contribution < -0.4 is 14.8 Å². The molecule has 0 aliphatic rings. The average molecular weight is 277 g/mol. The molecule has 0 spiro atoms. The summed E-state index contributed by atoms with van der Waals surface area (Å²) in [4.78, 5) is 0. The summed E-state index contributed by atoms with van der Waals surface area (Å²) in [6, 6.07) is 7.01. The summed E-state index contributed by atoms with van der Waals surface area (Å²) in [5, 5.41) is 2.26. The molecular formula is C13H18F3NO2. The highest BCUT2D eigenvalue weighted by molar-refractivity contribution is 5.31. The van der Waals surface area contributed by atoms with E-state index < -0.39 is 12.7 Å². The zero-order valence-electron chi connectivity index (χ0n) is 10.8. The van der Waals surface area contributed by atoms with Crippen LogP contribution >= 0.6 is 0 Å². The Morgan fingerprint density at radius 3 is 2.00 bits per heavy atom. The Labute approximate surface area is 110 Å². The van der Waals surface area contributed by atoms with Crippen LogP contribution in [0.1, 0.15) is 13.3 Å². The van der Waals surface area contributed by atoms with Gasteiger partial charge in [0, 0.05) is 6.54 Å². The van der Waals surface area contributed by atoms with Crippen LogP contribution in [0.3, 0.4) is 0 Å². The first kappa shape index (κ1) is 15.6. The van der Waals surface area contributed by atoms with Gasteiger partial charge in [-0.15, -0.1) is 0 Å². The van der Waals surface area contributed by atoms with Crippen molar-refractivity contribution in [3.8, 4) is 11.5 Å². The van der Waals surface area contributed by atoms with E-state index in [-0.39, 0.29) is 13.2 Å². The third-order valence-electron chi connectivity index (χ3n) is 2.17. The molecule has 108 valence electrons. The number of halogens is 3. The van der Waals surface area contributed by atoms with Gasteiger partial charge in [-0.05, 0) is 30.7 Å². The summed E-state index contributed by atoms with van der Waals surface area (Å²) in [5.41, 5.74) is 0. The summed E-state index contributed by atoms with van der Waals surface area (Å²) >= 11 is 0. The maximum absolute atomic E-state index is 11.8. The van der Waals surface area contributed by atoms with E-state index in [4.69, 9.17) is 9.47 Å². The van der Waals surface area contributed by atoms with E-state index in [1.54, 1.807) is 24.3 Å². The van der Waals surface area contributed by atoms with Gasteiger partial charge < -0.3 is 14.8 Å². The number of alkyl halides is 3. The van der Waals surface area contributed by atoms with E-state index in [1.807, 2.05) is 6.92 Å². The summed E-state index contributed by atoms with van der Waals surface area (Å²) < 4.78 is 46.2. The normalized spacial score (nSPS) is 11.4. The molecule has 0 aromatic heterocycles. The van der Waals surface area contributed by atoms with E-state index in [0.29, 0.717) is 12.4 Å². The first-order valence-electron chi connectivity index (χ1n) is 6.14. The number of hydrogen-bond donors (Lipinski definition) is 1. The number of rotatable bonds is 8. The molecule has 0 radical (unpaired) electrons. The van der Waals surface area contributed by atoms with Gasteiger partial charge in [-0.2, -0.15) is 13.2 Å². The number of nitrogens with one attached hydrogen (secondary N) is 1. The van der Waals surface area contributed by atoms with Gasteiger partial charge in [0.25, 0.3) is 0 Å². The Bertz CT molecular complexity index is 352. The lowest BCUT2D eigenvalue weighted by Gasteiger charge is -2.10. The van der Waals surface area contributed by atoms with E-state index in [2.05, 4.69) is 5.32 Å². The SMILES string of the molecule is CCCOc1ccc(OCCNCC(F)(F)F)cc1. The fourth-order valence-corrected chi connectivity index (χ4v) is 1.32. The van der Waals surface area contributed by atoms with E-state index in [0.717, 1.165) is 12.2 Å². The van der Waals surface area contributed by atoms with Gasteiger partial charge in [-0.3, -0.25) is 0 Å². The summed E-state index contributed by atoms with van der Waals surface area (Å²) in [6.07, 6.45) is -3.25. The van der Waals surface area contributed by atoms with Crippen LogP contribution in [-0.2, 0) is 0 Å². The Morgan fingerprint density at radius 1 is 1.00 bits per heavy atom. The van der Waals surface area contributed by atoms with Crippen LogP contribution in [0.5, 0.6) is 11.5 Å².